The van der Waals surface area contributed by atoms with Crippen molar-refractivity contribution in [3.05, 3.63) is 0 Å². The van der Waals surface area contributed by atoms with Gasteiger partial charge in [0.05, 0.1) is 12.7 Å². The molecule has 0 unspecified atom stereocenters. The largest absolute Gasteiger partial charge is 0.390 e. The van der Waals surface area contributed by atoms with Crippen molar-refractivity contribution in [2.45, 2.75) is 45.7 Å². The summed E-state index contributed by atoms with van der Waals surface area (Å²) in [6.45, 7) is 7.08. The van der Waals surface area contributed by atoms with Crippen molar-refractivity contribution in [2.24, 2.45) is 5.92 Å². The van der Waals surface area contributed by atoms with Gasteiger partial charge in [0.2, 0.25) is 0 Å². The van der Waals surface area contributed by atoms with Crippen molar-refractivity contribution < 1.29 is 19.4 Å². The first-order valence-corrected chi connectivity index (χ1v) is 4.84. The number of aliphatic hydroxyl groups excluding tert-OH is 1. The lowest BCUT2D eigenvalue weighted by Gasteiger charge is -2.23. The van der Waals surface area contributed by atoms with Gasteiger partial charge in [-0.3, -0.25) is 4.79 Å². The van der Waals surface area contributed by atoms with Gasteiger partial charge in [-0.25, -0.2) is 0 Å². The second-order valence-electron chi connectivity index (χ2n) is 4.26. The third-order valence-corrected chi connectivity index (χ3v) is 2.56. The lowest BCUT2D eigenvalue weighted by atomic mass is 9.97. The summed E-state index contributed by atoms with van der Waals surface area (Å²) in [7, 11) is 0. The van der Waals surface area contributed by atoms with Gasteiger partial charge < -0.3 is 14.6 Å². The minimum Gasteiger partial charge on any atom is -0.390 e. The van der Waals surface area contributed by atoms with Crippen LogP contribution >= 0.6 is 0 Å². The molecule has 0 aromatic carbocycles. The lowest BCUT2D eigenvalue weighted by Crippen LogP contribution is -2.38. The Morgan fingerprint density at radius 1 is 1.57 bits per heavy atom. The molecule has 0 spiro atoms. The first kappa shape index (κ1) is 11.6. The smallest absolute Gasteiger partial charge is 0.163 e. The monoisotopic (exact) mass is 202 g/mol. The Labute approximate surface area is 84.2 Å². The lowest BCUT2D eigenvalue weighted by molar-refractivity contribution is -0.157. The molecule has 1 aliphatic rings. The molecule has 1 heterocycles. The van der Waals surface area contributed by atoms with Gasteiger partial charge in [0, 0.05) is 5.92 Å². The molecule has 4 heteroatoms. The summed E-state index contributed by atoms with van der Waals surface area (Å²) >= 11 is 0. The van der Waals surface area contributed by atoms with Crippen molar-refractivity contribution in [2.75, 3.05) is 6.61 Å². The Bertz CT molecular complexity index is 224. The Hall–Kier alpha value is -0.450. The van der Waals surface area contributed by atoms with Crippen LogP contribution in [0.2, 0.25) is 0 Å². The molecular formula is C10H18O4. The third kappa shape index (κ3) is 2.53. The number of hydrogen-bond acceptors (Lipinski definition) is 4. The highest BCUT2D eigenvalue weighted by atomic mass is 16.7. The van der Waals surface area contributed by atoms with Crippen LogP contribution in [0.4, 0.5) is 0 Å². The first-order chi connectivity index (χ1) is 6.33. The number of ketones is 1. The second-order valence-corrected chi connectivity index (χ2v) is 4.26. The fourth-order valence-electron chi connectivity index (χ4n) is 1.45. The quantitative estimate of drug-likeness (QED) is 0.732. The molecule has 1 aliphatic heterocycles. The van der Waals surface area contributed by atoms with E-state index in [1.54, 1.807) is 20.8 Å². The Morgan fingerprint density at radius 3 is 2.50 bits per heavy atom. The highest BCUT2D eigenvalue weighted by Crippen LogP contribution is 2.26. The molecule has 4 nitrogen and oxygen atoms in total. The van der Waals surface area contributed by atoms with Gasteiger partial charge in [-0.1, -0.05) is 6.92 Å². The molecule has 1 saturated heterocycles. The second kappa shape index (κ2) is 3.96. The summed E-state index contributed by atoms with van der Waals surface area (Å²) in [5.41, 5.74) is 0. The third-order valence-electron chi connectivity index (χ3n) is 2.56. The fraction of sp³-hybridized carbons (Fsp3) is 0.900. The molecule has 1 rings (SSSR count). The summed E-state index contributed by atoms with van der Waals surface area (Å²) in [6.07, 6.45) is -1.18. The Kier molecular flexibility index (Phi) is 3.29. The molecule has 3 atom stereocenters. The van der Waals surface area contributed by atoms with Gasteiger partial charge in [0.25, 0.3) is 0 Å². The molecule has 82 valence electrons. The van der Waals surface area contributed by atoms with Crippen LogP contribution in [0.1, 0.15) is 27.7 Å². The zero-order chi connectivity index (χ0) is 10.9. The topological polar surface area (TPSA) is 55.8 Å². The van der Waals surface area contributed by atoms with Crippen LogP contribution in [0.5, 0.6) is 0 Å². The average molecular weight is 202 g/mol. The van der Waals surface area contributed by atoms with Crippen molar-refractivity contribution in [3.63, 3.8) is 0 Å². The van der Waals surface area contributed by atoms with Gasteiger partial charge in [-0.05, 0) is 20.8 Å². The standard InChI is InChI=1S/C10H18O4/c1-6(7(2)11)9(12)8-5-13-10(3,4)14-8/h6,8-9,12H,5H2,1-4H3/t6-,8+,9-/m0/s1. The highest BCUT2D eigenvalue weighted by molar-refractivity contribution is 5.78. The fourth-order valence-corrected chi connectivity index (χ4v) is 1.45. The molecule has 0 aromatic heterocycles. The van der Waals surface area contributed by atoms with Crippen LogP contribution in [0, 0.1) is 5.92 Å². The number of rotatable bonds is 3. The summed E-state index contributed by atoms with van der Waals surface area (Å²) in [6, 6.07) is 0. The summed E-state index contributed by atoms with van der Waals surface area (Å²) in [5.74, 6) is -1.09. The first-order valence-electron chi connectivity index (χ1n) is 4.84. The van der Waals surface area contributed by atoms with Gasteiger partial charge in [0.15, 0.2) is 5.79 Å². The molecule has 0 radical (unpaired) electrons. The number of aliphatic hydroxyl groups is 1. The van der Waals surface area contributed by atoms with Gasteiger partial charge in [-0.15, -0.1) is 0 Å². The molecule has 0 aliphatic carbocycles. The Morgan fingerprint density at radius 2 is 2.14 bits per heavy atom. The van der Waals surface area contributed by atoms with Crippen molar-refractivity contribution in [3.8, 4) is 0 Å². The van der Waals surface area contributed by atoms with E-state index in [1.165, 1.54) is 6.92 Å². The molecule has 0 saturated carbocycles. The summed E-state index contributed by atoms with van der Waals surface area (Å²) in [4.78, 5) is 11.0. The van der Waals surface area contributed by atoms with E-state index in [-0.39, 0.29) is 5.78 Å². The average Bonchev–Trinajstić information content (AvgIpc) is 2.43. The number of carbonyl (C=O) groups excluding carboxylic acids is 1. The van der Waals surface area contributed by atoms with Crippen LogP contribution in [-0.2, 0) is 14.3 Å². The maximum absolute atomic E-state index is 11.0. The van der Waals surface area contributed by atoms with Crippen LogP contribution in [0.15, 0.2) is 0 Å². The predicted octanol–water partition coefficient (Wildman–Crippen LogP) is 0.724. The van der Waals surface area contributed by atoms with E-state index in [0.717, 1.165) is 0 Å². The molecule has 14 heavy (non-hydrogen) atoms. The molecular weight excluding hydrogens is 184 g/mol. The molecule has 0 aromatic rings. The zero-order valence-corrected chi connectivity index (χ0v) is 9.11. The van der Waals surface area contributed by atoms with Crippen LogP contribution in [-0.4, -0.2) is 35.5 Å². The number of carbonyl (C=O) groups is 1. The van der Waals surface area contributed by atoms with E-state index in [1.807, 2.05) is 0 Å². The summed E-state index contributed by atoms with van der Waals surface area (Å²) < 4.78 is 10.8. The van der Waals surface area contributed by atoms with E-state index in [9.17, 15) is 9.90 Å². The molecule has 1 fully saturated rings. The maximum atomic E-state index is 11.0. The van der Waals surface area contributed by atoms with Gasteiger partial charge in [-0.2, -0.15) is 0 Å². The number of ether oxygens (including phenoxy) is 2. The van der Waals surface area contributed by atoms with E-state index in [2.05, 4.69) is 0 Å². The highest BCUT2D eigenvalue weighted by Gasteiger charge is 2.39. The SMILES string of the molecule is CC(=O)[C@H](C)[C@H](O)[C@H]1COC(C)(C)O1. The van der Waals surface area contributed by atoms with E-state index in [4.69, 9.17) is 9.47 Å². The van der Waals surface area contributed by atoms with Crippen LogP contribution < -0.4 is 0 Å². The van der Waals surface area contributed by atoms with Gasteiger partial charge in [0.1, 0.15) is 11.9 Å². The van der Waals surface area contributed by atoms with E-state index in [0.29, 0.717) is 6.61 Å². The van der Waals surface area contributed by atoms with Crippen molar-refractivity contribution >= 4 is 5.78 Å². The van der Waals surface area contributed by atoms with E-state index < -0.39 is 23.9 Å². The number of hydrogen-bond donors (Lipinski definition) is 1. The molecule has 0 amide bonds. The van der Waals surface area contributed by atoms with Crippen LogP contribution in [0.25, 0.3) is 0 Å². The Balaban J connectivity index is 2.55. The number of Topliss-reactive ketones (excluding diaryl/α,β-unsaturated/α-hetero) is 1. The van der Waals surface area contributed by atoms with Crippen LogP contribution in [0.3, 0.4) is 0 Å². The maximum Gasteiger partial charge on any atom is 0.163 e. The van der Waals surface area contributed by atoms with Crippen molar-refractivity contribution in [1.82, 2.24) is 0 Å². The van der Waals surface area contributed by atoms with Crippen molar-refractivity contribution in [1.29, 1.82) is 0 Å². The minimum absolute atomic E-state index is 0.0363. The zero-order valence-electron chi connectivity index (χ0n) is 9.11. The normalized spacial score (nSPS) is 29.9. The minimum atomic E-state index is -0.783. The molecule has 0 bridgehead atoms. The molecule has 1 N–H and O–H groups in total. The summed E-state index contributed by atoms with van der Waals surface area (Å²) in [5, 5.41) is 9.79. The van der Waals surface area contributed by atoms with Gasteiger partial charge >= 0.3 is 0 Å². The van der Waals surface area contributed by atoms with E-state index >= 15 is 0 Å². The predicted molar refractivity (Wildman–Crippen MR) is 50.8 cm³/mol.